The maximum atomic E-state index is 12.9. The molecule has 0 spiro atoms. The summed E-state index contributed by atoms with van der Waals surface area (Å²) in [6.07, 6.45) is 0. The van der Waals surface area contributed by atoms with Crippen LogP contribution in [0.25, 0.3) is 0 Å². The molecule has 0 aliphatic carbocycles. The lowest BCUT2D eigenvalue weighted by Gasteiger charge is -2.17. The highest BCUT2D eigenvalue weighted by molar-refractivity contribution is 9.10. The minimum absolute atomic E-state index is 0.00199. The van der Waals surface area contributed by atoms with Gasteiger partial charge in [0.1, 0.15) is 5.82 Å². The first kappa shape index (κ1) is 15.9. The smallest absolute Gasteiger partial charge is 0.171 e. The summed E-state index contributed by atoms with van der Waals surface area (Å²) in [5.74, 6) is -0.239. The van der Waals surface area contributed by atoms with Gasteiger partial charge in [-0.05, 0) is 67.5 Å². The highest BCUT2D eigenvalue weighted by atomic mass is 79.9. The third-order valence-electron chi connectivity index (χ3n) is 3.13. The Morgan fingerprint density at radius 1 is 1.19 bits per heavy atom. The Morgan fingerprint density at radius 3 is 2.48 bits per heavy atom. The van der Waals surface area contributed by atoms with E-state index in [0.717, 1.165) is 21.3 Å². The van der Waals surface area contributed by atoms with Gasteiger partial charge in [0.05, 0.1) is 6.04 Å². The molecule has 2 aromatic rings. The summed E-state index contributed by atoms with van der Waals surface area (Å²) in [6.45, 7) is 4.00. The fraction of sp³-hybridized carbons (Fsp3) is 0.188. The lowest BCUT2D eigenvalue weighted by atomic mass is 10.1. The third-order valence-corrected chi connectivity index (χ3v) is 4.24. The zero-order valence-electron chi connectivity index (χ0n) is 11.8. The fourth-order valence-corrected chi connectivity index (χ4v) is 2.46. The maximum absolute atomic E-state index is 12.9. The SMILES string of the molecule is Cc1cc(NC(=S)N[C@@H](C)c2ccc(F)cc2)ccc1Br. The average Bonchev–Trinajstić information content (AvgIpc) is 2.43. The largest absolute Gasteiger partial charge is 0.356 e. The quantitative estimate of drug-likeness (QED) is 0.751. The lowest BCUT2D eigenvalue weighted by Crippen LogP contribution is -2.30. The Kier molecular flexibility index (Phi) is 5.31. The number of rotatable bonds is 3. The van der Waals surface area contributed by atoms with Crippen molar-refractivity contribution in [2.75, 3.05) is 5.32 Å². The van der Waals surface area contributed by atoms with E-state index in [4.69, 9.17) is 12.2 Å². The van der Waals surface area contributed by atoms with Gasteiger partial charge in [0, 0.05) is 10.2 Å². The van der Waals surface area contributed by atoms with Gasteiger partial charge >= 0.3 is 0 Å². The van der Waals surface area contributed by atoms with Crippen molar-refractivity contribution >= 4 is 38.9 Å². The van der Waals surface area contributed by atoms with Crippen LogP contribution in [0.2, 0.25) is 0 Å². The first-order valence-electron chi connectivity index (χ1n) is 6.55. The van der Waals surface area contributed by atoms with Gasteiger partial charge in [-0.15, -0.1) is 0 Å². The van der Waals surface area contributed by atoms with E-state index < -0.39 is 0 Å². The third kappa shape index (κ3) is 4.51. The van der Waals surface area contributed by atoms with Gasteiger partial charge in [0.15, 0.2) is 5.11 Å². The van der Waals surface area contributed by atoms with Crippen LogP contribution >= 0.6 is 28.1 Å². The minimum Gasteiger partial charge on any atom is -0.356 e. The monoisotopic (exact) mass is 366 g/mol. The van der Waals surface area contributed by atoms with Crippen LogP contribution in [0.15, 0.2) is 46.9 Å². The Morgan fingerprint density at radius 2 is 1.86 bits per heavy atom. The van der Waals surface area contributed by atoms with Crippen molar-refractivity contribution in [1.29, 1.82) is 0 Å². The molecule has 0 aliphatic heterocycles. The molecule has 0 saturated carbocycles. The molecule has 0 radical (unpaired) electrons. The van der Waals surface area contributed by atoms with Gasteiger partial charge in [-0.3, -0.25) is 0 Å². The molecule has 0 heterocycles. The van der Waals surface area contributed by atoms with Gasteiger partial charge in [0.2, 0.25) is 0 Å². The molecule has 2 aromatic carbocycles. The summed E-state index contributed by atoms with van der Waals surface area (Å²) in [4.78, 5) is 0. The molecule has 2 nitrogen and oxygen atoms in total. The summed E-state index contributed by atoms with van der Waals surface area (Å²) >= 11 is 8.77. The predicted octanol–water partition coefficient (Wildman–Crippen LogP) is 4.94. The number of benzene rings is 2. The maximum Gasteiger partial charge on any atom is 0.171 e. The van der Waals surface area contributed by atoms with Crippen LogP contribution in [0.3, 0.4) is 0 Å². The number of thiocarbonyl (C=S) groups is 1. The van der Waals surface area contributed by atoms with Crippen molar-refractivity contribution in [2.24, 2.45) is 0 Å². The van der Waals surface area contributed by atoms with E-state index in [1.54, 1.807) is 12.1 Å². The van der Waals surface area contributed by atoms with E-state index in [2.05, 4.69) is 26.6 Å². The van der Waals surface area contributed by atoms with Gasteiger partial charge in [-0.1, -0.05) is 28.1 Å². The van der Waals surface area contributed by atoms with Gasteiger partial charge < -0.3 is 10.6 Å². The van der Waals surface area contributed by atoms with Crippen LogP contribution in [0, 0.1) is 12.7 Å². The number of nitrogens with one attached hydrogen (secondary N) is 2. The number of hydrogen-bond donors (Lipinski definition) is 2. The van der Waals surface area contributed by atoms with Crippen molar-refractivity contribution in [2.45, 2.75) is 19.9 Å². The van der Waals surface area contributed by atoms with Crippen molar-refractivity contribution in [1.82, 2.24) is 5.32 Å². The second-order valence-electron chi connectivity index (χ2n) is 4.84. The molecule has 1 atom stereocenters. The molecule has 5 heteroatoms. The standard InChI is InChI=1S/C16H16BrFN2S/c1-10-9-14(7-8-15(10)17)20-16(21)19-11(2)12-3-5-13(18)6-4-12/h3-9,11H,1-2H3,(H2,19,20,21)/t11-/m0/s1. The molecule has 0 unspecified atom stereocenters. The van der Waals surface area contributed by atoms with E-state index >= 15 is 0 Å². The van der Waals surface area contributed by atoms with E-state index in [1.165, 1.54) is 12.1 Å². The second-order valence-corrected chi connectivity index (χ2v) is 6.10. The Bertz CT molecular complexity index is 643. The molecule has 2 rings (SSSR count). The summed E-state index contributed by atoms with van der Waals surface area (Å²) in [6, 6.07) is 12.3. The van der Waals surface area contributed by atoms with Gasteiger partial charge in [-0.25, -0.2) is 4.39 Å². The molecular formula is C16H16BrFN2S. The fourth-order valence-electron chi connectivity index (χ4n) is 1.92. The van der Waals surface area contributed by atoms with Crippen molar-refractivity contribution in [3.8, 4) is 0 Å². The predicted molar refractivity (Wildman–Crippen MR) is 93.1 cm³/mol. The lowest BCUT2D eigenvalue weighted by molar-refractivity contribution is 0.624. The summed E-state index contributed by atoms with van der Waals surface area (Å²) in [5, 5.41) is 6.87. The Labute approximate surface area is 137 Å². The van der Waals surface area contributed by atoms with Crippen molar-refractivity contribution in [3.05, 3.63) is 63.9 Å². The number of anilines is 1. The van der Waals surface area contributed by atoms with E-state index in [0.29, 0.717) is 5.11 Å². The topological polar surface area (TPSA) is 24.1 Å². The average molecular weight is 367 g/mol. The number of aryl methyl sites for hydroxylation is 1. The summed E-state index contributed by atoms with van der Waals surface area (Å²) < 4.78 is 14.0. The Balaban J connectivity index is 1.97. The van der Waals surface area contributed by atoms with E-state index in [-0.39, 0.29) is 11.9 Å². The first-order valence-corrected chi connectivity index (χ1v) is 7.75. The second kappa shape index (κ2) is 7.00. The summed E-state index contributed by atoms with van der Waals surface area (Å²) in [7, 11) is 0. The van der Waals surface area contributed by atoms with E-state index in [1.807, 2.05) is 32.0 Å². The molecular weight excluding hydrogens is 351 g/mol. The van der Waals surface area contributed by atoms with Crippen LogP contribution < -0.4 is 10.6 Å². The normalized spacial score (nSPS) is 11.8. The van der Waals surface area contributed by atoms with Crippen LogP contribution in [0.4, 0.5) is 10.1 Å². The molecule has 0 saturated heterocycles. The van der Waals surface area contributed by atoms with Crippen LogP contribution in [0.1, 0.15) is 24.1 Å². The molecule has 2 N–H and O–H groups in total. The van der Waals surface area contributed by atoms with Crippen molar-refractivity contribution < 1.29 is 4.39 Å². The molecule has 110 valence electrons. The number of halogens is 2. The van der Waals surface area contributed by atoms with Gasteiger partial charge in [-0.2, -0.15) is 0 Å². The molecule has 0 amide bonds. The van der Waals surface area contributed by atoms with Gasteiger partial charge in [0.25, 0.3) is 0 Å². The van der Waals surface area contributed by atoms with Crippen LogP contribution in [-0.2, 0) is 0 Å². The minimum atomic E-state index is -0.239. The Hall–Kier alpha value is -1.46. The zero-order valence-corrected chi connectivity index (χ0v) is 14.2. The molecule has 0 fully saturated rings. The molecule has 0 bridgehead atoms. The molecule has 21 heavy (non-hydrogen) atoms. The number of hydrogen-bond acceptors (Lipinski definition) is 1. The first-order chi connectivity index (χ1) is 9.95. The van der Waals surface area contributed by atoms with E-state index in [9.17, 15) is 4.39 Å². The molecule has 0 aromatic heterocycles. The molecule has 0 aliphatic rings. The zero-order chi connectivity index (χ0) is 15.4. The summed E-state index contributed by atoms with van der Waals surface area (Å²) in [5.41, 5.74) is 3.04. The van der Waals surface area contributed by atoms with Crippen molar-refractivity contribution in [3.63, 3.8) is 0 Å². The van der Waals surface area contributed by atoms with Crippen LogP contribution in [-0.4, -0.2) is 5.11 Å². The highest BCUT2D eigenvalue weighted by Gasteiger charge is 2.07. The van der Waals surface area contributed by atoms with Crippen LogP contribution in [0.5, 0.6) is 0 Å². The highest BCUT2D eigenvalue weighted by Crippen LogP contribution is 2.20.